The summed E-state index contributed by atoms with van der Waals surface area (Å²) in [5.41, 5.74) is 1.42. The number of rotatable bonds is 2. The molecule has 0 aromatic carbocycles. The fourth-order valence-electron chi connectivity index (χ4n) is 1.08. The summed E-state index contributed by atoms with van der Waals surface area (Å²) < 4.78 is 4.54. The summed E-state index contributed by atoms with van der Waals surface area (Å²) in [7, 11) is 3.08. The predicted octanol–water partition coefficient (Wildman–Crippen LogP) is 0.779. The summed E-state index contributed by atoms with van der Waals surface area (Å²) in [5.74, 6) is -0.422. The van der Waals surface area contributed by atoms with E-state index in [1.807, 2.05) is 0 Å². The van der Waals surface area contributed by atoms with Crippen molar-refractivity contribution in [3.8, 4) is 0 Å². The zero-order valence-electron chi connectivity index (χ0n) is 8.13. The highest BCUT2D eigenvalue weighted by Gasteiger charge is 2.12. The first kappa shape index (κ1) is 10.2. The summed E-state index contributed by atoms with van der Waals surface area (Å²) in [5, 5.41) is 10.4. The molecule has 1 rings (SSSR count). The van der Waals surface area contributed by atoms with Gasteiger partial charge < -0.3 is 15.5 Å². The molecule has 1 aliphatic rings. The van der Waals surface area contributed by atoms with Crippen LogP contribution in [0.5, 0.6) is 0 Å². The molecule has 0 unspecified atom stereocenters. The van der Waals surface area contributed by atoms with Crippen LogP contribution in [-0.2, 0) is 9.53 Å². The number of allylic oxidation sites excluding steroid dienone is 3. The first-order valence-corrected chi connectivity index (χ1v) is 4.13. The van der Waals surface area contributed by atoms with Crippen molar-refractivity contribution in [3.63, 3.8) is 0 Å². The summed E-state index contributed by atoms with van der Waals surface area (Å²) in [4.78, 5) is 11.1. The number of ether oxygens (including phenoxy) is 1. The average Bonchev–Trinajstić information content (AvgIpc) is 2.20. The summed E-state index contributed by atoms with van der Waals surface area (Å²) >= 11 is 0. The maximum absolute atomic E-state index is 11.1. The zero-order chi connectivity index (χ0) is 10.6. The van der Waals surface area contributed by atoms with E-state index >= 15 is 0 Å². The number of carbonyl (C=O) groups excluding carboxylic acids is 1. The van der Waals surface area contributed by atoms with Crippen molar-refractivity contribution < 1.29 is 9.53 Å². The molecule has 0 aromatic rings. The largest absolute Gasteiger partial charge is 0.465 e. The van der Waals surface area contributed by atoms with Gasteiger partial charge in [-0.1, -0.05) is 6.08 Å². The molecule has 0 fully saturated rings. The molecule has 4 nitrogen and oxygen atoms in total. The van der Waals surface area contributed by atoms with Crippen molar-refractivity contribution in [2.24, 2.45) is 0 Å². The van der Waals surface area contributed by atoms with Gasteiger partial charge in [0.1, 0.15) is 0 Å². The van der Waals surface area contributed by atoms with Gasteiger partial charge in [-0.25, -0.2) is 4.79 Å². The SMILES string of the molecule is CN/C=C1/C=CC(C(=O)OC)=CC1=N. The number of hydrogen-bond acceptors (Lipinski definition) is 4. The third-order valence-electron chi connectivity index (χ3n) is 1.77. The number of hydrogen-bond donors (Lipinski definition) is 2. The molecule has 0 heterocycles. The second-order valence-corrected chi connectivity index (χ2v) is 2.73. The van der Waals surface area contributed by atoms with E-state index in [1.54, 1.807) is 25.4 Å². The zero-order valence-corrected chi connectivity index (χ0v) is 8.13. The molecule has 0 spiro atoms. The van der Waals surface area contributed by atoms with E-state index in [0.717, 1.165) is 5.57 Å². The molecule has 0 radical (unpaired) electrons. The van der Waals surface area contributed by atoms with Crippen molar-refractivity contribution in [2.75, 3.05) is 14.2 Å². The van der Waals surface area contributed by atoms with E-state index in [-0.39, 0.29) is 0 Å². The molecule has 2 N–H and O–H groups in total. The molecule has 14 heavy (non-hydrogen) atoms. The van der Waals surface area contributed by atoms with Crippen molar-refractivity contribution >= 4 is 11.7 Å². The molecule has 0 saturated carbocycles. The molecule has 0 aliphatic heterocycles. The summed E-state index contributed by atoms with van der Waals surface area (Å²) in [6.45, 7) is 0. The van der Waals surface area contributed by atoms with Gasteiger partial charge in [0, 0.05) is 18.8 Å². The molecule has 0 saturated heterocycles. The fourth-order valence-corrected chi connectivity index (χ4v) is 1.08. The Bertz CT molecular complexity index is 351. The highest BCUT2D eigenvalue weighted by atomic mass is 16.5. The third kappa shape index (κ3) is 2.10. The third-order valence-corrected chi connectivity index (χ3v) is 1.77. The van der Waals surface area contributed by atoms with Crippen LogP contribution in [0.2, 0.25) is 0 Å². The van der Waals surface area contributed by atoms with E-state index in [4.69, 9.17) is 5.41 Å². The topological polar surface area (TPSA) is 62.2 Å². The lowest BCUT2D eigenvalue weighted by molar-refractivity contribution is -0.135. The fraction of sp³-hybridized carbons (Fsp3) is 0.200. The molecule has 0 bridgehead atoms. The van der Waals surface area contributed by atoms with Crippen LogP contribution in [0.1, 0.15) is 0 Å². The van der Waals surface area contributed by atoms with Gasteiger partial charge in [0.15, 0.2) is 0 Å². The average molecular weight is 192 g/mol. The van der Waals surface area contributed by atoms with Crippen LogP contribution < -0.4 is 5.32 Å². The minimum absolute atomic E-state index is 0.294. The van der Waals surface area contributed by atoms with Crippen LogP contribution in [0.25, 0.3) is 0 Å². The molecule has 1 aliphatic carbocycles. The molecular weight excluding hydrogens is 180 g/mol. The molecule has 0 aromatic heterocycles. The Morgan fingerprint density at radius 2 is 2.29 bits per heavy atom. The van der Waals surface area contributed by atoms with Gasteiger partial charge in [-0.3, -0.25) is 0 Å². The van der Waals surface area contributed by atoms with Crippen molar-refractivity contribution in [1.82, 2.24) is 5.32 Å². The number of methoxy groups -OCH3 is 1. The first-order valence-electron chi connectivity index (χ1n) is 4.13. The van der Waals surface area contributed by atoms with Gasteiger partial charge in [0.05, 0.1) is 18.4 Å². The predicted molar refractivity (Wildman–Crippen MR) is 54.1 cm³/mol. The Balaban J connectivity index is 2.87. The Morgan fingerprint density at radius 3 is 2.79 bits per heavy atom. The second-order valence-electron chi connectivity index (χ2n) is 2.73. The van der Waals surface area contributed by atoms with Crippen molar-refractivity contribution in [1.29, 1.82) is 5.41 Å². The number of carbonyl (C=O) groups is 1. The monoisotopic (exact) mass is 192 g/mol. The Kier molecular flexibility index (Phi) is 3.23. The van der Waals surface area contributed by atoms with Crippen LogP contribution in [0, 0.1) is 5.41 Å². The summed E-state index contributed by atoms with van der Waals surface area (Å²) in [6.07, 6.45) is 6.51. The maximum atomic E-state index is 11.1. The Morgan fingerprint density at radius 1 is 1.57 bits per heavy atom. The maximum Gasteiger partial charge on any atom is 0.337 e. The van der Waals surface area contributed by atoms with E-state index in [0.29, 0.717) is 11.3 Å². The molecule has 4 heteroatoms. The molecule has 74 valence electrons. The normalized spacial score (nSPS) is 18.0. The highest BCUT2D eigenvalue weighted by molar-refractivity contribution is 6.14. The van der Waals surface area contributed by atoms with Crippen LogP contribution in [0.3, 0.4) is 0 Å². The Labute approximate surface area is 82.5 Å². The van der Waals surface area contributed by atoms with Crippen LogP contribution in [0.4, 0.5) is 0 Å². The van der Waals surface area contributed by atoms with Crippen molar-refractivity contribution in [2.45, 2.75) is 0 Å². The minimum Gasteiger partial charge on any atom is -0.465 e. The quantitative estimate of drug-likeness (QED) is 0.635. The van der Waals surface area contributed by atoms with Crippen molar-refractivity contribution in [3.05, 3.63) is 35.6 Å². The van der Waals surface area contributed by atoms with Gasteiger partial charge in [0.2, 0.25) is 0 Å². The molecule has 0 amide bonds. The van der Waals surface area contributed by atoms with Crippen LogP contribution in [0.15, 0.2) is 35.6 Å². The van der Waals surface area contributed by atoms with Gasteiger partial charge in [0.25, 0.3) is 0 Å². The van der Waals surface area contributed by atoms with Gasteiger partial charge in [-0.05, 0) is 12.2 Å². The lowest BCUT2D eigenvalue weighted by atomic mass is 10.0. The molecular formula is C10H12N2O2. The number of nitrogens with one attached hydrogen (secondary N) is 2. The number of esters is 1. The standard InChI is InChI=1S/C10H12N2O2/c1-12-6-8-4-3-7(5-9(8)11)10(13)14-2/h3-6,11-12H,1-2H3/b8-6-,11-9?. The van der Waals surface area contributed by atoms with E-state index in [9.17, 15) is 4.79 Å². The molecule has 0 atom stereocenters. The smallest absolute Gasteiger partial charge is 0.337 e. The Hall–Kier alpha value is -1.84. The van der Waals surface area contributed by atoms with Crippen LogP contribution >= 0.6 is 0 Å². The highest BCUT2D eigenvalue weighted by Crippen LogP contribution is 2.12. The van der Waals surface area contributed by atoms with E-state index in [1.165, 1.54) is 13.2 Å². The van der Waals surface area contributed by atoms with Crippen LogP contribution in [-0.4, -0.2) is 25.8 Å². The van der Waals surface area contributed by atoms with E-state index < -0.39 is 5.97 Å². The second kappa shape index (κ2) is 4.41. The lowest BCUT2D eigenvalue weighted by Gasteiger charge is -2.08. The lowest BCUT2D eigenvalue weighted by Crippen LogP contribution is -2.11. The summed E-state index contributed by atoms with van der Waals surface area (Å²) in [6, 6.07) is 0. The first-order chi connectivity index (χ1) is 6.69. The van der Waals surface area contributed by atoms with Gasteiger partial charge >= 0.3 is 5.97 Å². The minimum atomic E-state index is -0.422. The van der Waals surface area contributed by atoms with E-state index in [2.05, 4.69) is 10.1 Å². The van der Waals surface area contributed by atoms with Gasteiger partial charge in [-0.2, -0.15) is 0 Å². The van der Waals surface area contributed by atoms with Gasteiger partial charge in [-0.15, -0.1) is 0 Å².